The van der Waals surface area contributed by atoms with Crippen molar-refractivity contribution in [3.8, 4) is 5.75 Å². The number of ether oxygens (including phenoxy) is 1. The van der Waals surface area contributed by atoms with Crippen molar-refractivity contribution in [2.24, 2.45) is 0 Å². The zero-order valence-corrected chi connectivity index (χ0v) is 9.51. The number of carboxylic acids is 1. The summed E-state index contributed by atoms with van der Waals surface area (Å²) in [4.78, 5) is 15.8. The number of hydrogen-bond donors (Lipinski definition) is 2. The molecule has 1 aromatic carbocycles. The maximum absolute atomic E-state index is 11.4. The summed E-state index contributed by atoms with van der Waals surface area (Å²) < 4.78 is 5.31. The summed E-state index contributed by atoms with van der Waals surface area (Å²) in [5.41, 5.74) is 2.13. The van der Waals surface area contributed by atoms with Crippen molar-refractivity contribution in [3.63, 3.8) is 0 Å². The normalized spacial score (nSPS) is 14.4. The predicted molar refractivity (Wildman–Crippen MR) is 63.7 cm³/mol. The smallest absolute Gasteiger partial charge is 0.336 e. The van der Waals surface area contributed by atoms with Gasteiger partial charge in [0.1, 0.15) is 5.75 Å². The lowest BCUT2D eigenvalue weighted by atomic mass is 9.98. The van der Waals surface area contributed by atoms with Gasteiger partial charge in [0, 0.05) is 29.1 Å². The number of rotatable bonds is 1. The van der Waals surface area contributed by atoms with Crippen LogP contribution in [-0.4, -0.2) is 27.8 Å². The van der Waals surface area contributed by atoms with Crippen LogP contribution in [0.4, 0.5) is 0 Å². The first-order valence-corrected chi connectivity index (χ1v) is 5.62. The molecule has 0 aliphatic carbocycles. The summed E-state index contributed by atoms with van der Waals surface area (Å²) >= 11 is 0. The van der Waals surface area contributed by atoms with Gasteiger partial charge in [0.15, 0.2) is 0 Å². The summed E-state index contributed by atoms with van der Waals surface area (Å²) in [6.07, 6.45) is 0.598. The second-order valence-electron chi connectivity index (χ2n) is 4.22. The Balaban J connectivity index is 2.40. The molecule has 1 aliphatic heterocycles. The van der Waals surface area contributed by atoms with Gasteiger partial charge in [-0.05, 0) is 12.1 Å². The van der Waals surface area contributed by atoms with Gasteiger partial charge < -0.3 is 14.9 Å². The van der Waals surface area contributed by atoms with Gasteiger partial charge in [-0.1, -0.05) is 0 Å². The van der Waals surface area contributed by atoms with Crippen molar-refractivity contribution >= 4 is 16.9 Å². The van der Waals surface area contributed by atoms with Gasteiger partial charge >= 0.3 is 5.97 Å². The molecule has 92 valence electrons. The first-order valence-electron chi connectivity index (χ1n) is 5.62. The average Bonchev–Trinajstić information content (AvgIpc) is 2.35. The molecular weight excluding hydrogens is 234 g/mol. The van der Waals surface area contributed by atoms with Crippen molar-refractivity contribution < 1.29 is 19.7 Å². The van der Waals surface area contributed by atoms with Crippen LogP contribution < -0.4 is 0 Å². The van der Waals surface area contributed by atoms with Gasteiger partial charge in [-0.25, -0.2) is 4.79 Å². The number of nitrogens with zero attached hydrogens (tertiary/aromatic N) is 1. The van der Waals surface area contributed by atoms with Crippen LogP contribution in [-0.2, 0) is 17.8 Å². The van der Waals surface area contributed by atoms with E-state index in [1.807, 2.05) is 0 Å². The number of pyridine rings is 1. The van der Waals surface area contributed by atoms with E-state index in [4.69, 9.17) is 4.74 Å². The molecule has 1 aromatic heterocycles. The van der Waals surface area contributed by atoms with E-state index >= 15 is 0 Å². The molecule has 0 spiro atoms. The minimum absolute atomic E-state index is 0.0818. The highest BCUT2D eigenvalue weighted by Crippen LogP contribution is 2.29. The molecule has 0 saturated heterocycles. The molecular formula is C13H11NO4. The number of aromatic nitrogens is 1. The van der Waals surface area contributed by atoms with E-state index in [2.05, 4.69) is 4.98 Å². The zero-order valence-electron chi connectivity index (χ0n) is 9.51. The van der Waals surface area contributed by atoms with E-state index in [1.165, 1.54) is 12.1 Å². The molecule has 5 heteroatoms. The number of phenols is 1. The highest BCUT2D eigenvalue weighted by molar-refractivity contribution is 6.04. The number of fused-ring (bicyclic) bond motifs is 2. The summed E-state index contributed by atoms with van der Waals surface area (Å²) in [7, 11) is 0. The number of hydrogen-bond acceptors (Lipinski definition) is 4. The molecule has 0 unspecified atom stereocenters. The lowest BCUT2D eigenvalue weighted by molar-refractivity contribution is 0.0683. The molecule has 2 aromatic rings. The molecule has 18 heavy (non-hydrogen) atoms. The van der Waals surface area contributed by atoms with Crippen LogP contribution in [0.1, 0.15) is 21.6 Å². The van der Waals surface area contributed by atoms with E-state index in [9.17, 15) is 15.0 Å². The summed E-state index contributed by atoms with van der Waals surface area (Å²) in [6, 6.07) is 4.53. The molecule has 0 atom stereocenters. The first kappa shape index (κ1) is 11.0. The molecule has 0 fully saturated rings. The minimum atomic E-state index is -0.991. The zero-order chi connectivity index (χ0) is 12.7. The highest BCUT2D eigenvalue weighted by atomic mass is 16.5. The number of benzene rings is 1. The quantitative estimate of drug-likeness (QED) is 0.799. The fraction of sp³-hybridized carbons (Fsp3) is 0.231. The molecule has 0 saturated carbocycles. The van der Waals surface area contributed by atoms with Crippen LogP contribution in [0.2, 0.25) is 0 Å². The third-order valence-electron chi connectivity index (χ3n) is 3.10. The summed E-state index contributed by atoms with van der Waals surface area (Å²) in [5, 5.41) is 19.3. The van der Waals surface area contributed by atoms with Crippen LogP contribution >= 0.6 is 0 Å². The van der Waals surface area contributed by atoms with Crippen molar-refractivity contribution in [3.05, 3.63) is 35.0 Å². The highest BCUT2D eigenvalue weighted by Gasteiger charge is 2.22. The van der Waals surface area contributed by atoms with E-state index in [1.54, 1.807) is 6.07 Å². The number of carboxylic acid groups (broad SMARTS) is 1. The van der Waals surface area contributed by atoms with Crippen LogP contribution in [0.15, 0.2) is 18.2 Å². The van der Waals surface area contributed by atoms with Crippen molar-refractivity contribution in [1.29, 1.82) is 0 Å². The van der Waals surface area contributed by atoms with E-state index in [-0.39, 0.29) is 17.9 Å². The molecule has 0 radical (unpaired) electrons. The molecule has 1 aliphatic rings. The topological polar surface area (TPSA) is 79.7 Å². The lowest BCUT2D eigenvalue weighted by Gasteiger charge is -2.19. The molecule has 3 rings (SSSR count). The van der Waals surface area contributed by atoms with Gasteiger partial charge in [0.2, 0.25) is 0 Å². The Morgan fingerprint density at radius 2 is 2.22 bits per heavy atom. The maximum Gasteiger partial charge on any atom is 0.336 e. The third kappa shape index (κ3) is 1.60. The Morgan fingerprint density at radius 1 is 1.39 bits per heavy atom. The number of aromatic carboxylic acids is 1. The second-order valence-corrected chi connectivity index (χ2v) is 4.22. The van der Waals surface area contributed by atoms with E-state index in [0.717, 1.165) is 5.69 Å². The molecule has 0 amide bonds. The summed E-state index contributed by atoms with van der Waals surface area (Å²) in [6.45, 7) is 0.824. The molecule has 0 bridgehead atoms. The predicted octanol–water partition coefficient (Wildman–Crippen LogP) is 1.71. The van der Waals surface area contributed by atoms with Gasteiger partial charge in [0.25, 0.3) is 0 Å². The first-order chi connectivity index (χ1) is 8.66. The second kappa shape index (κ2) is 3.96. The summed E-state index contributed by atoms with van der Waals surface area (Å²) in [5.74, 6) is -0.909. The number of aromatic hydroxyl groups is 1. The molecule has 2 N–H and O–H groups in total. The Morgan fingerprint density at radius 3 is 3.00 bits per heavy atom. The SMILES string of the molecule is O=C(O)c1c2c(nc3cc(O)ccc13)CCOC2. The minimum Gasteiger partial charge on any atom is -0.508 e. The van der Waals surface area contributed by atoms with Gasteiger partial charge in [-0.3, -0.25) is 4.98 Å². The van der Waals surface area contributed by atoms with Gasteiger partial charge in [-0.15, -0.1) is 0 Å². The molecule has 2 heterocycles. The fourth-order valence-corrected chi connectivity index (χ4v) is 2.29. The van der Waals surface area contributed by atoms with Crippen LogP contribution in [0.25, 0.3) is 10.9 Å². The fourth-order valence-electron chi connectivity index (χ4n) is 2.29. The van der Waals surface area contributed by atoms with Gasteiger partial charge in [-0.2, -0.15) is 0 Å². The standard InChI is InChI=1S/C13H11NO4/c15-7-1-2-8-11(5-7)14-10-3-4-18-6-9(10)12(8)13(16)17/h1-2,5,15H,3-4,6H2,(H,16,17). The van der Waals surface area contributed by atoms with Crippen molar-refractivity contribution in [2.75, 3.05) is 6.61 Å². The number of carbonyl (C=O) groups is 1. The Kier molecular flexibility index (Phi) is 2.41. The number of phenolic OH excluding ortho intramolecular Hbond substituents is 1. The average molecular weight is 245 g/mol. The maximum atomic E-state index is 11.4. The van der Waals surface area contributed by atoms with Crippen LogP contribution in [0, 0.1) is 0 Å². The van der Waals surface area contributed by atoms with E-state index in [0.29, 0.717) is 29.5 Å². The van der Waals surface area contributed by atoms with Crippen LogP contribution in [0.5, 0.6) is 5.75 Å². The third-order valence-corrected chi connectivity index (χ3v) is 3.10. The van der Waals surface area contributed by atoms with Crippen LogP contribution in [0.3, 0.4) is 0 Å². The van der Waals surface area contributed by atoms with Crippen molar-refractivity contribution in [2.45, 2.75) is 13.0 Å². The Hall–Kier alpha value is -2.14. The monoisotopic (exact) mass is 245 g/mol. The largest absolute Gasteiger partial charge is 0.508 e. The van der Waals surface area contributed by atoms with E-state index < -0.39 is 5.97 Å². The lowest BCUT2D eigenvalue weighted by Crippen LogP contribution is -2.17. The molecule has 5 nitrogen and oxygen atoms in total. The van der Waals surface area contributed by atoms with Gasteiger partial charge in [0.05, 0.1) is 24.3 Å². The Bertz CT molecular complexity index is 651. The Labute approximate surface area is 103 Å². The van der Waals surface area contributed by atoms with Crippen molar-refractivity contribution in [1.82, 2.24) is 4.98 Å².